The zero-order valence-corrected chi connectivity index (χ0v) is 17.8. The van der Waals surface area contributed by atoms with Crippen LogP contribution >= 0.6 is 23.2 Å². The van der Waals surface area contributed by atoms with E-state index < -0.39 is 5.09 Å². The number of nitrogens with zero attached hydrogens (tertiary/aromatic N) is 4. The minimum absolute atomic E-state index is 0.161. The first-order chi connectivity index (χ1) is 14.8. The fourth-order valence-corrected chi connectivity index (χ4v) is 3.42. The molecule has 2 heterocycles. The lowest BCUT2D eigenvalue weighted by Crippen LogP contribution is -2.37. The largest absolute Gasteiger partial charge is 0.487 e. The molecule has 0 bridgehead atoms. The molecule has 2 aromatic carbocycles. The molecule has 0 aliphatic carbocycles. The zero-order valence-electron chi connectivity index (χ0n) is 16.3. The quantitative estimate of drug-likeness (QED) is 0.438. The number of ether oxygens (including phenoxy) is 1. The Kier molecular flexibility index (Phi) is 7.32. The van der Waals surface area contributed by atoms with Gasteiger partial charge >= 0.3 is 0 Å². The molecule has 0 spiro atoms. The molecule has 11 heteroatoms. The van der Waals surface area contributed by atoms with Gasteiger partial charge in [0.1, 0.15) is 30.2 Å². The van der Waals surface area contributed by atoms with Crippen LogP contribution < -0.4 is 4.74 Å². The van der Waals surface area contributed by atoms with Crippen molar-refractivity contribution in [1.29, 1.82) is 0 Å². The third kappa shape index (κ3) is 5.87. The molecular weight excluding hydrogens is 447 g/mol. The molecule has 1 aliphatic heterocycles. The van der Waals surface area contributed by atoms with Crippen molar-refractivity contribution in [2.24, 2.45) is 5.16 Å². The Bertz CT molecular complexity index is 1050. The van der Waals surface area contributed by atoms with Gasteiger partial charge in [0, 0.05) is 28.0 Å². The van der Waals surface area contributed by atoms with Crippen LogP contribution in [0.4, 0.5) is 0 Å². The van der Waals surface area contributed by atoms with Crippen molar-refractivity contribution in [3.63, 3.8) is 0 Å². The fraction of sp³-hybridized carbons (Fsp3) is 0.200. The molecule has 0 saturated carbocycles. The van der Waals surface area contributed by atoms with E-state index in [0.29, 0.717) is 22.4 Å². The Morgan fingerprint density at radius 3 is 2.58 bits per heavy atom. The normalized spacial score (nSPS) is 18.4. The van der Waals surface area contributed by atoms with Gasteiger partial charge in [0.2, 0.25) is 0 Å². The highest BCUT2D eigenvalue weighted by atomic mass is 35.5. The van der Waals surface area contributed by atoms with E-state index in [2.05, 4.69) is 10.1 Å². The number of oxime groups is 1. The molecule has 2 unspecified atom stereocenters. The standard InChI is InChI=1S/C20H17Cl2N3O2.HNO3/c1-13-20(25-9-8-23-12-25)19(17-7-6-16(22)10-18(17)27-13)24-26-11-14-2-4-15(21)5-3-14;2-1(3)4/h2-10,12-13,20H,11H2,1H3;(H,2,3,4)/b24-19-;. The summed E-state index contributed by atoms with van der Waals surface area (Å²) in [5, 5.41) is 19.4. The Hall–Kier alpha value is -3.30. The zero-order chi connectivity index (χ0) is 22.4. The second-order valence-electron chi connectivity index (χ2n) is 6.53. The molecule has 3 aromatic rings. The van der Waals surface area contributed by atoms with Gasteiger partial charge in [-0.2, -0.15) is 0 Å². The molecule has 1 aliphatic rings. The Morgan fingerprint density at radius 2 is 1.94 bits per heavy atom. The van der Waals surface area contributed by atoms with E-state index in [0.717, 1.165) is 16.8 Å². The highest BCUT2D eigenvalue weighted by Gasteiger charge is 2.35. The molecule has 0 fully saturated rings. The fourth-order valence-electron chi connectivity index (χ4n) is 3.13. The van der Waals surface area contributed by atoms with Gasteiger partial charge in [-0.15, -0.1) is 10.1 Å². The minimum atomic E-state index is -1.50. The van der Waals surface area contributed by atoms with Gasteiger partial charge in [-0.3, -0.25) is 0 Å². The summed E-state index contributed by atoms with van der Waals surface area (Å²) in [6.07, 6.45) is 5.21. The summed E-state index contributed by atoms with van der Waals surface area (Å²) in [7, 11) is 0. The van der Waals surface area contributed by atoms with Crippen LogP contribution in [-0.2, 0) is 11.4 Å². The number of hydrogen-bond acceptors (Lipinski definition) is 6. The number of imidazole rings is 1. The average Bonchev–Trinajstić information content (AvgIpc) is 3.23. The van der Waals surface area contributed by atoms with E-state index in [4.69, 9.17) is 48.1 Å². The van der Waals surface area contributed by atoms with Crippen molar-refractivity contribution in [3.05, 3.63) is 92.5 Å². The SMILES string of the molecule is CC1Oc2cc(Cl)ccc2/C(=N/OCc2ccc(Cl)cc2)C1n1ccnc1.O=[N+]([O-])O. The number of fused-ring (bicyclic) bond motifs is 1. The van der Waals surface area contributed by atoms with E-state index in [1.165, 1.54) is 0 Å². The van der Waals surface area contributed by atoms with E-state index in [-0.39, 0.29) is 12.1 Å². The van der Waals surface area contributed by atoms with Gasteiger partial charge in [0.05, 0.1) is 6.33 Å². The van der Waals surface area contributed by atoms with Gasteiger partial charge in [0.15, 0.2) is 0 Å². The number of rotatable bonds is 4. The molecule has 1 N–H and O–H groups in total. The topological polar surface area (TPSA) is 112 Å². The Labute approximate surface area is 187 Å². The van der Waals surface area contributed by atoms with Crippen molar-refractivity contribution in [1.82, 2.24) is 9.55 Å². The van der Waals surface area contributed by atoms with Crippen LogP contribution in [-0.4, -0.2) is 31.7 Å². The smallest absolute Gasteiger partial charge is 0.291 e. The van der Waals surface area contributed by atoms with Crippen LogP contribution in [0.1, 0.15) is 24.1 Å². The Balaban J connectivity index is 0.000000628. The predicted octanol–water partition coefficient (Wildman–Crippen LogP) is 4.79. The molecule has 0 amide bonds. The molecule has 0 saturated heterocycles. The summed E-state index contributed by atoms with van der Waals surface area (Å²) in [5.41, 5.74) is 2.61. The van der Waals surface area contributed by atoms with E-state index in [1.807, 2.05) is 54.1 Å². The lowest BCUT2D eigenvalue weighted by atomic mass is 9.95. The maximum atomic E-state index is 8.36. The van der Waals surface area contributed by atoms with Crippen molar-refractivity contribution >= 4 is 28.9 Å². The minimum Gasteiger partial charge on any atom is -0.487 e. The van der Waals surface area contributed by atoms with E-state index in [9.17, 15) is 0 Å². The van der Waals surface area contributed by atoms with Crippen LogP contribution in [0.5, 0.6) is 5.75 Å². The summed E-state index contributed by atoms with van der Waals surface area (Å²) in [6, 6.07) is 12.8. The molecule has 4 rings (SSSR count). The molecule has 9 nitrogen and oxygen atoms in total. The molecule has 1 aromatic heterocycles. The second kappa shape index (κ2) is 10.1. The lowest BCUT2D eigenvalue weighted by Gasteiger charge is -2.33. The third-order valence-electron chi connectivity index (χ3n) is 4.41. The van der Waals surface area contributed by atoms with Gasteiger partial charge in [-0.1, -0.05) is 40.5 Å². The first kappa shape index (κ1) is 22.4. The Morgan fingerprint density at radius 1 is 1.26 bits per heavy atom. The molecular formula is C20H18Cl2N4O5. The maximum Gasteiger partial charge on any atom is 0.291 e. The lowest BCUT2D eigenvalue weighted by molar-refractivity contribution is -0.742. The van der Waals surface area contributed by atoms with Crippen molar-refractivity contribution in [2.45, 2.75) is 25.7 Å². The maximum absolute atomic E-state index is 8.36. The van der Waals surface area contributed by atoms with E-state index in [1.54, 1.807) is 18.6 Å². The van der Waals surface area contributed by atoms with Crippen LogP contribution in [0.15, 0.2) is 66.3 Å². The summed E-state index contributed by atoms with van der Waals surface area (Å²) in [6.45, 7) is 2.33. The predicted molar refractivity (Wildman–Crippen MR) is 114 cm³/mol. The number of benzene rings is 2. The van der Waals surface area contributed by atoms with Crippen LogP contribution in [0, 0.1) is 10.1 Å². The monoisotopic (exact) mass is 464 g/mol. The summed E-state index contributed by atoms with van der Waals surface area (Å²) >= 11 is 12.1. The molecule has 162 valence electrons. The summed E-state index contributed by atoms with van der Waals surface area (Å²) in [4.78, 5) is 18.2. The highest BCUT2D eigenvalue weighted by molar-refractivity contribution is 6.31. The number of halogens is 2. The average molecular weight is 465 g/mol. The van der Waals surface area contributed by atoms with Gasteiger partial charge in [-0.25, -0.2) is 4.98 Å². The number of hydrogen-bond donors (Lipinski definition) is 1. The van der Waals surface area contributed by atoms with Crippen molar-refractivity contribution < 1.29 is 19.9 Å². The van der Waals surface area contributed by atoms with Crippen LogP contribution in [0.2, 0.25) is 10.0 Å². The van der Waals surface area contributed by atoms with E-state index >= 15 is 0 Å². The number of aromatic nitrogens is 2. The summed E-state index contributed by atoms with van der Waals surface area (Å²) < 4.78 is 8.04. The molecule has 2 atom stereocenters. The van der Waals surface area contributed by atoms with Crippen LogP contribution in [0.3, 0.4) is 0 Å². The van der Waals surface area contributed by atoms with Crippen LogP contribution in [0.25, 0.3) is 0 Å². The first-order valence-corrected chi connectivity index (χ1v) is 9.82. The molecule has 31 heavy (non-hydrogen) atoms. The second-order valence-corrected chi connectivity index (χ2v) is 7.41. The first-order valence-electron chi connectivity index (χ1n) is 9.06. The van der Waals surface area contributed by atoms with Crippen molar-refractivity contribution in [3.8, 4) is 5.75 Å². The van der Waals surface area contributed by atoms with Gasteiger partial charge in [0.25, 0.3) is 5.09 Å². The third-order valence-corrected chi connectivity index (χ3v) is 4.90. The van der Waals surface area contributed by atoms with Crippen molar-refractivity contribution in [2.75, 3.05) is 0 Å². The van der Waals surface area contributed by atoms with Gasteiger partial charge < -0.3 is 19.3 Å². The van der Waals surface area contributed by atoms with Gasteiger partial charge in [-0.05, 0) is 42.8 Å². The summed E-state index contributed by atoms with van der Waals surface area (Å²) in [5.74, 6) is 0.695. The highest BCUT2D eigenvalue weighted by Crippen LogP contribution is 2.36. The molecule has 0 radical (unpaired) electrons.